The van der Waals surface area contributed by atoms with Gasteiger partial charge in [0.2, 0.25) is 18.2 Å². The summed E-state index contributed by atoms with van der Waals surface area (Å²) in [7, 11) is 0. The number of H-pyrrole nitrogens is 1. The summed E-state index contributed by atoms with van der Waals surface area (Å²) >= 11 is 2.05. The predicted octanol–water partition coefficient (Wildman–Crippen LogP) is 3.09. The number of hydrogen-bond acceptors (Lipinski definition) is 18. The number of rotatable bonds is 8. The van der Waals surface area contributed by atoms with Crippen LogP contribution in [0.2, 0.25) is 0 Å². The number of imidazole rings is 2. The van der Waals surface area contributed by atoms with Gasteiger partial charge in [-0.05, 0) is 53.8 Å². The number of esters is 3. The Morgan fingerprint density at radius 1 is 0.839 bits per heavy atom. The molecule has 20 nitrogen and oxygen atoms in total. The average molecular weight is 883 g/mol. The fourth-order valence-electron chi connectivity index (χ4n) is 5.16. The van der Waals surface area contributed by atoms with E-state index >= 15 is 0 Å². The highest BCUT2D eigenvalue weighted by atomic mass is 127. The van der Waals surface area contributed by atoms with Crippen LogP contribution in [0.5, 0.6) is 0 Å². The molecule has 5 N–H and O–H groups in total. The molecule has 0 amide bonds. The van der Waals surface area contributed by atoms with Gasteiger partial charge in [-0.2, -0.15) is 9.97 Å². The number of aromatic nitrogens is 8. The van der Waals surface area contributed by atoms with Crippen LogP contribution in [0.15, 0.2) is 73.3 Å². The number of benzene rings is 2. The number of carbonyl (C=O) groups excluding carboxylic acids is 3. The fourth-order valence-corrected chi connectivity index (χ4v) is 5.78. The van der Waals surface area contributed by atoms with Gasteiger partial charge in [-0.3, -0.25) is 9.36 Å². The van der Waals surface area contributed by atoms with E-state index in [9.17, 15) is 14.4 Å². The molecule has 2 aliphatic rings. The highest BCUT2D eigenvalue weighted by Gasteiger charge is 2.31. The van der Waals surface area contributed by atoms with Crippen molar-refractivity contribution in [2.75, 3.05) is 37.9 Å². The first-order valence-corrected chi connectivity index (χ1v) is 17.9. The van der Waals surface area contributed by atoms with Crippen molar-refractivity contribution in [3.8, 4) is 0 Å². The zero-order chi connectivity index (χ0) is 39.6. The number of nitrogens with one attached hydrogen (secondary N) is 1. The Kier molecular flexibility index (Phi) is 13.2. The van der Waals surface area contributed by atoms with E-state index in [0.29, 0.717) is 31.6 Å². The second kappa shape index (κ2) is 18.6. The minimum absolute atomic E-state index is 0.00842. The summed E-state index contributed by atoms with van der Waals surface area (Å²) in [6.07, 6.45) is 0.628. The van der Waals surface area contributed by atoms with Gasteiger partial charge in [-0.15, -0.1) is 0 Å². The van der Waals surface area contributed by atoms with Gasteiger partial charge in [0, 0.05) is 6.92 Å². The van der Waals surface area contributed by atoms with E-state index in [1.165, 1.54) is 6.92 Å². The molecule has 8 rings (SSSR count). The number of nitrogen functional groups attached to an aromatic ring is 2. The normalized spacial score (nSPS) is 18.7. The molecule has 0 saturated carbocycles. The predicted molar refractivity (Wildman–Crippen MR) is 203 cm³/mol. The highest BCUT2D eigenvalue weighted by Crippen LogP contribution is 2.26. The Morgan fingerprint density at radius 3 is 2.09 bits per heavy atom. The lowest BCUT2D eigenvalue weighted by atomic mass is 10.2. The first kappa shape index (κ1) is 39.8. The van der Waals surface area contributed by atoms with Crippen LogP contribution in [-0.4, -0.2) is 103 Å². The van der Waals surface area contributed by atoms with Gasteiger partial charge in [0.05, 0.1) is 36.1 Å². The minimum atomic E-state index is -0.738. The van der Waals surface area contributed by atoms with E-state index in [4.69, 9.17) is 44.6 Å². The number of nitrogens with two attached hydrogens (primary N) is 2. The SMILES string of the molecule is CC(=O)OC1CO[C@@H](COC(=O)c2ccccc2)O1.Cc1nc(N)nc2nc[nH]c12.Nc1nc(I)c2ncn(C3CO[C@@H](COC(=O)c4ccccc4)O3)c2n1. The van der Waals surface area contributed by atoms with Crippen LogP contribution in [0, 0.1) is 10.6 Å². The van der Waals surface area contributed by atoms with Crippen molar-refractivity contribution >= 4 is 74.7 Å². The Morgan fingerprint density at radius 2 is 1.45 bits per heavy atom. The molecule has 6 aromatic rings. The molecule has 21 heteroatoms. The van der Waals surface area contributed by atoms with Crippen LogP contribution in [0.25, 0.3) is 22.3 Å². The molecule has 2 saturated heterocycles. The van der Waals surface area contributed by atoms with Crippen LogP contribution in [0.4, 0.5) is 11.9 Å². The van der Waals surface area contributed by atoms with Gasteiger partial charge in [0.25, 0.3) is 0 Å². The Labute approximate surface area is 331 Å². The van der Waals surface area contributed by atoms with Crippen molar-refractivity contribution in [3.63, 3.8) is 0 Å². The zero-order valence-electron chi connectivity index (χ0n) is 29.8. The van der Waals surface area contributed by atoms with Crippen LogP contribution in [-0.2, 0) is 38.0 Å². The van der Waals surface area contributed by atoms with Crippen molar-refractivity contribution in [2.45, 2.75) is 38.9 Å². The number of halogens is 1. The number of carbonyl (C=O) groups is 3. The second-order valence-electron chi connectivity index (χ2n) is 11.7. The lowest BCUT2D eigenvalue weighted by molar-refractivity contribution is -0.177. The smallest absolute Gasteiger partial charge is 0.338 e. The van der Waals surface area contributed by atoms with E-state index in [-0.39, 0.29) is 38.3 Å². The number of ether oxygens (including phenoxy) is 7. The van der Waals surface area contributed by atoms with Crippen molar-refractivity contribution < 1.29 is 47.5 Å². The number of hydrogen-bond donors (Lipinski definition) is 3. The molecule has 0 radical (unpaired) electrons. The van der Waals surface area contributed by atoms with E-state index in [0.717, 1.165) is 11.2 Å². The third kappa shape index (κ3) is 10.4. The highest BCUT2D eigenvalue weighted by molar-refractivity contribution is 14.1. The van der Waals surface area contributed by atoms with Crippen molar-refractivity contribution in [1.82, 2.24) is 39.5 Å². The lowest BCUT2D eigenvalue weighted by Gasteiger charge is -2.13. The maximum atomic E-state index is 12.0. The molecule has 4 atom stereocenters. The molecule has 4 aromatic heterocycles. The van der Waals surface area contributed by atoms with Crippen LogP contribution in [0.3, 0.4) is 0 Å². The number of aryl methyl sites for hydroxylation is 1. The molecule has 2 aromatic carbocycles. The zero-order valence-corrected chi connectivity index (χ0v) is 32.0. The van der Waals surface area contributed by atoms with Gasteiger partial charge in [-0.25, -0.2) is 29.5 Å². The Hall–Kier alpha value is -5.88. The van der Waals surface area contributed by atoms with E-state index in [1.54, 1.807) is 65.8 Å². The maximum Gasteiger partial charge on any atom is 0.338 e. The summed E-state index contributed by atoms with van der Waals surface area (Å²) in [6.45, 7) is 3.49. The molecule has 292 valence electrons. The monoisotopic (exact) mass is 882 g/mol. The number of anilines is 2. The van der Waals surface area contributed by atoms with Gasteiger partial charge < -0.3 is 49.6 Å². The maximum absolute atomic E-state index is 12.0. The van der Waals surface area contributed by atoms with Gasteiger partial charge in [0.15, 0.2) is 30.1 Å². The molecule has 56 heavy (non-hydrogen) atoms. The average Bonchev–Trinajstić information content (AvgIpc) is 4.02. The Balaban J connectivity index is 0.000000155. The summed E-state index contributed by atoms with van der Waals surface area (Å²) < 4.78 is 39.2. The van der Waals surface area contributed by atoms with Gasteiger partial charge in [0.1, 0.15) is 34.6 Å². The molecular formula is C35H35IN10O10. The van der Waals surface area contributed by atoms with Crippen molar-refractivity contribution in [2.24, 2.45) is 0 Å². The first-order valence-electron chi connectivity index (χ1n) is 16.8. The largest absolute Gasteiger partial charge is 0.457 e. The first-order chi connectivity index (χ1) is 27.0. The molecule has 0 aliphatic carbocycles. The molecule has 2 aliphatic heterocycles. The molecule has 2 fully saturated rings. The third-order valence-electron chi connectivity index (χ3n) is 7.66. The molecule has 0 spiro atoms. The third-order valence-corrected chi connectivity index (χ3v) is 8.42. The molecular weight excluding hydrogens is 847 g/mol. The van der Waals surface area contributed by atoms with E-state index in [2.05, 4.69) is 57.5 Å². The lowest BCUT2D eigenvalue weighted by Crippen LogP contribution is -2.22. The number of fused-ring (bicyclic) bond motifs is 2. The minimum Gasteiger partial charge on any atom is -0.457 e. The molecule has 6 heterocycles. The standard InChI is InChI=1S/C16H14IN5O4.C13H14O6.C6H7N5/c17-13-12-14(21-16(18)20-13)22(8-19-12)10-6-24-11(26-10)7-25-15(23)9-4-2-1-3-5-9;1-9(14)18-12-8-16-11(19-12)7-17-13(15)10-5-3-2-4-6-10;1-3-4-5(9-2-8-4)11-6(7)10-3/h1-5,8,10-11H,6-7H2,(H2,18,20,21);2-6,11-12H,7-8H2,1H3;2H,1H3,(H3,7,8,9,10,11)/t10?,11-;11-,12?;/m11./s1. The summed E-state index contributed by atoms with van der Waals surface area (Å²) in [6, 6.07) is 17.4. The van der Waals surface area contributed by atoms with E-state index in [1.807, 2.05) is 19.1 Å². The number of aromatic amines is 1. The van der Waals surface area contributed by atoms with Crippen LogP contribution in [0.1, 0.15) is 39.6 Å². The van der Waals surface area contributed by atoms with Gasteiger partial charge >= 0.3 is 17.9 Å². The fraction of sp³-hybridized carbons (Fsp3) is 0.286. The summed E-state index contributed by atoms with van der Waals surface area (Å²) in [5, 5.41) is 0. The van der Waals surface area contributed by atoms with E-state index < -0.39 is 43.0 Å². The van der Waals surface area contributed by atoms with Crippen molar-refractivity contribution in [1.29, 1.82) is 0 Å². The quantitative estimate of drug-likeness (QED) is 0.0858. The topological polar surface area (TPSA) is 266 Å². The van der Waals surface area contributed by atoms with Gasteiger partial charge in [-0.1, -0.05) is 36.4 Å². The Bertz CT molecular complexity index is 2280. The summed E-state index contributed by atoms with van der Waals surface area (Å²) in [5.41, 5.74) is 15.6. The summed E-state index contributed by atoms with van der Waals surface area (Å²) in [4.78, 5) is 61.7. The van der Waals surface area contributed by atoms with Crippen LogP contribution >= 0.6 is 22.6 Å². The number of nitrogens with zero attached hydrogens (tertiary/aromatic N) is 7. The molecule has 2 unspecified atom stereocenters. The van der Waals surface area contributed by atoms with Crippen molar-refractivity contribution in [3.05, 3.63) is 93.8 Å². The van der Waals surface area contributed by atoms with Crippen LogP contribution < -0.4 is 11.5 Å². The molecule has 0 bridgehead atoms. The second-order valence-corrected chi connectivity index (χ2v) is 12.7. The summed E-state index contributed by atoms with van der Waals surface area (Å²) in [5.74, 6) is -0.901.